The topological polar surface area (TPSA) is 17.1 Å². The highest BCUT2D eigenvalue weighted by Gasteiger charge is 2.09. The molecule has 1 nitrogen and oxygen atoms in total. The largest absolute Gasteiger partial charge is 0.299 e. The van der Waals surface area contributed by atoms with Gasteiger partial charge in [-0.05, 0) is 43.7 Å². The average molecular weight is 345 g/mol. The first-order valence-corrected chi connectivity index (χ1v) is 8.11. The molecule has 2 aromatic carbocycles. The highest BCUT2D eigenvalue weighted by molar-refractivity contribution is 9.10. The van der Waals surface area contributed by atoms with Crippen LogP contribution in [0.1, 0.15) is 10.4 Å². The Morgan fingerprint density at radius 3 is 2.55 bits per heavy atom. The number of carbonyl (C=O) groups is 1. The minimum Gasteiger partial charge on any atom is -0.299 e. The van der Waals surface area contributed by atoms with Crippen LogP contribution in [-0.4, -0.2) is 5.78 Å². The van der Waals surface area contributed by atoms with Crippen molar-refractivity contribution in [2.24, 2.45) is 0 Å². The molecule has 0 saturated carbocycles. The van der Waals surface area contributed by atoms with Gasteiger partial charge in [0, 0.05) is 22.2 Å². The van der Waals surface area contributed by atoms with E-state index in [9.17, 15) is 4.79 Å². The Balaban J connectivity index is 1.75. The number of thiophene rings is 1. The lowest BCUT2D eigenvalue weighted by molar-refractivity contribution is -0.117. The number of ketones is 1. The molecule has 20 heavy (non-hydrogen) atoms. The third-order valence-corrected chi connectivity index (χ3v) is 5.19. The lowest BCUT2D eigenvalue weighted by Gasteiger charge is -2.03. The maximum absolute atomic E-state index is 12.2. The summed E-state index contributed by atoms with van der Waals surface area (Å²) in [6, 6.07) is 16.4. The molecule has 0 unspecified atom stereocenters. The Morgan fingerprint density at radius 1 is 1.00 bits per heavy atom. The molecule has 0 aliphatic rings. The second-order valence-electron chi connectivity index (χ2n) is 4.77. The van der Waals surface area contributed by atoms with Gasteiger partial charge in [0.15, 0.2) is 0 Å². The maximum atomic E-state index is 12.2. The molecule has 3 heteroatoms. The van der Waals surface area contributed by atoms with Crippen LogP contribution in [0.25, 0.3) is 10.8 Å². The van der Waals surface area contributed by atoms with Crippen LogP contribution >= 0.6 is 27.3 Å². The van der Waals surface area contributed by atoms with Crippen molar-refractivity contribution < 1.29 is 4.79 Å². The quantitative estimate of drug-likeness (QED) is 0.649. The van der Waals surface area contributed by atoms with Gasteiger partial charge < -0.3 is 0 Å². The van der Waals surface area contributed by atoms with Crippen molar-refractivity contribution >= 4 is 43.8 Å². The number of halogens is 1. The Morgan fingerprint density at radius 2 is 1.80 bits per heavy atom. The number of Topliss-reactive ketones (excluding diaryl/α,β-unsaturated/α-hetero) is 1. The number of carbonyl (C=O) groups excluding carboxylic acids is 1. The molecule has 0 radical (unpaired) electrons. The molecule has 0 saturated heterocycles. The molecule has 0 amide bonds. The zero-order valence-corrected chi connectivity index (χ0v) is 13.2. The number of fused-ring (bicyclic) bond motifs is 1. The van der Waals surface area contributed by atoms with Crippen molar-refractivity contribution in [1.29, 1.82) is 0 Å². The SMILES string of the molecule is O=C(Cc1ccc2ccccc2c1)Cc1sccc1Br. The van der Waals surface area contributed by atoms with Gasteiger partial charge in [-0.15, -0.1) is 11.3 Å². The van der Waals surface area contributed by atoms with Gasteiger partial charge in [0.1, 0.15) is 5.78 Å². The minimum absolute atomic E-state index is 0.253. The van der Waals surface area contributed by atoms with Gasteiger partial charge in [-0.25, -0.2) is 0 Å². The fourth-order valence-corrected chi connectivity index (χ4v) is 3.79. The Kier molecular flexibility index (Phi) is 3.99. The second kappa shape index (κ2) is 5.90. The van der Waals surface area contributed by atoms with Gasteiger partial charge in [-0.3, -0.25) is 4.79 Å². The lowest BCUT2D eigenvalue weighted by Crippen LogP contribution is -2.05. The third-order valence-electron chi connectivity index (χ3n) is 3.26. The smallest absolute Gasteiger partial charge is 0.142 e. The zero-order valence-electron chi connectivity index (χ0n) is 10.8. The van der Waals surface area contributed by atoms with Crippen LogP contribution < -0.4 is 0 Å². The number of hydrogen-bond donors (Lipinski definition) is 0. The molecule has 0 N–H and O–H groups in total. The molecule has 1 aromatic heterocycles. The molecule has 0 fully saturated rings. The fourth-order valence-electron chi connectivity index (χ4n) is 2.27. The van der Waals surface area contributed by atoms with Crippen LogP contribution in [0, 0.1) is 0 Å². The molecule has 100 valence electrons. The van der Waals surface area contributed by atoms with Crippen molar-refractivity contribution in [1.82, 2.24) is 0 Å². The molecule has 1 heterocycles. The first-order valence-electron chi connectivity index (χ1n) is 6.43. The van der Waals surface area contributed by atoms with Crippen LogP contribution in [0.15, 0.2) is 58.4 Å². The second-order valence-corrected chi connectivity index (χ2v) is 6.62. The van der Waals surface area contributed by atoms with Crippen molar-refractivity contribution in [3.05, 3.63) is 68.8 Å². The normalized spacial score (nSPS) is 10.8. The van der Waals surface area contributed by atoms with E-state index < -0.39 is 0 Å². The molecule has 0 spiro atoms. The van der Waals surface area contributed by atoms with Crippen LogP contribution in [0.3, 0.4) is 0 Å². The molecule has 3 aromatic rings. The lowest BCUT2D eigenvalue weighted by atomic mass is 10.0. The summed E-state index contributed by atoms with van der Waals surface area (Å²) in [5.74, 6) is 0.253. The molecular weight excluding hydrogens is 332 g/mol. The monoisotopic (exact) mass is 344 g/mol. The van der Waals surface area contributed by atoms with Gasteiger partial charge in [-0.1, -0.05) is 42.5 Å². The first-order chi connectivity index (χ1) is 9.72. The van der Waals surface area contributed by atoms with Crippen LogP contribution in [0.2, 0.25) is 0 Å². The Hall–Kier alpha value is -1.45. The maximum Gasteiger partial charge on any atom is 0.142 e. The third kappa shape index (κ3) is 3.00. The van der Waals surface area contributed by atoms with Crippen LogP contribution in [0.4, 0.5) is 0 Å². The predicted molar refractivity (Wildman–Crippen MR) is 88.4 cm³/mol. The highest BCUT2D eigenvalue weighted by Crippen LogP contribution is 2.24. The Labute approximate surface area is 130 Å². The van der Waals surface area contributed by atoms with Crippen LogP contribution in [-0.2, 0) is 17.6 Å². The van der Waals surface area contributed by atoms with E-state index in [2.05, 4.69) is 40.2 Å². The van der Waals surface area contributed by atoms with Crippen molar-refractivity contribution in [2.45, 2.75) is 12.8 Å². The van der Waals surface area contributed by atoms with E-state index in [0.717, 1.165) is 14.9 Å². The van der Waals surface area contributed by atoms with E-state index in [4.69, 9.17) is 0 Å². The highest BCUT2D eigenvalue weighted by atomic mass is 79.9. The Bertz CT molecular complexity index is 760. The van der Waals surface area contributed by atoms with Gasteiger partial charge in [0.05, 0.1) is 0 Å². The minimum atomic E-state index is 0.253. The predicted octanol–water partition coefficient (Wildman–Crippen LogP) is 5.02. The summed E-state index contributed by atoms with van der Waals surface area (Å²) in [5, 5.41) is 4.41. The van der Waals surface area contributed by atoms with Crippen molar-refractivity contribution in [2.75, 3.05) is 0 Å². The van der Waals surface area contributed by atoms with E-state index in [1.807, 2.05) is 29.6 Å². The van der Waals surface area contributed by atoms with Crippen molar-refractivity contribution in [3.63, 3.8) is 0 Å². The van der Waals surface area contributed by atoms with Crippen LogP contribution in [0.5, 0.6) is 0 Å². The van der Waals surface area contributed by atoms with E-state index in [-0.39, 0.29) is 5.78 Å². The first kappa shape index (κ1) is 13.5. The van der Waals surface area contributed by atoms with Gasteiger partial charge in [0.25, 0.3) is 0 Å². The number of hydrogen-bond acceptors (Lipinski definition) is 2. The molecule has 0 aliphatic carbocycles. The summed E-state index contributed by atoms with van der Waals surface area (Å²) in [4.78, 5) is 13.3. The molecule has 0 bridgehead atoms. The molecular formula is C17H13BrOS. The summed E-state index contributed by atoms with van der Waals surface area (Å²) >= 11 is 5.09. The van der Waals surface area contributed by atoms with Crippen molar-refractivity contribution in [3.8, 4) is 0 Å². The van der Waals surface area contributed by atoms with E-state index in [0.29, 0.717) is 12.8 Å². The van der Waals surface area contributed by atoms with E-state index in [1.54, 1.807) is 11.3 Å². The molecule has 0 atom stereocenters. The molecule has 0 aliphatic heterocycles. The van der Waals surface area contributed by atoms with Gasteiger partial charge in [0.2, 0.25) is 0 Å². The standard InChI is InChI=1S/C17H13BrOS/c18-16-7-8-20-17(16)11-15(19)10-12-5-6-13-3-1-2-4-14(13)9-12/h1-9H,10-11H2. The number of benzene rings is 2. The van der Waals surface area contributed by atoms with Gasteiger partial charge >= 0.3 is 0 Å². The summed E-state index contributed by atoms with van der Waals surface area (Å²) in [6.45, 7) is 0. The van der Waals surface area contributed by atoms with Gasteiger partial charge in [-0.2, -0.15) is 0 Å². The summed E-state index contributed by atoms with van der Waals surface area (Å²) < 4.78 is 1.04. The average Bonchev–Trinajstić information content (AvgIpc) is 2.84. The summed E-state index contributed by atoms with van der Waals surface area (Å²) in [7, 11) is 0. The summed E-state index contributed by atoms with van der Waals surface area (Å²) in [5.41, 5.74) is 1.08. The fraction of sp³-hybridized carbons (Fsp3) is 0.118. The molecule has 3 rings (SSSR count). The summed E-state index contributed by atoms with van der Waals surface area (Å²) in [6.07, 6.45) is 1.00. The van der Waals surface area contributed by atoms with E-state index >= 15 is 0 Å². The number of rotatable bonds is 4. The van der Waals surface area contributed by atoms with E-state index in [1.165, 1.54) is 10.8 Å². The zero-order chi connectivity index (χ0) is 13.9.